The third kappa shape index (κ3) is 3.12. The molecule has 18 heavy (non-hydrogen) atoms. The quantitative estimate of drug-likeness (QED) is 0.867. The van der Waals surface area contributed by atoms with Gasteiger partial charge < -0.3 is 5.32 Å². The molecule has 0 aromatic carbocycles. The maximum atomic E-state index is 4.58. The summed E-state index contributed by atoms with van der Waals surface area (Å²) in [5.74, 6) is 2.18. The zero-order valence-corrected chi connectivity index (χ0v) is 12.5. The second-order valence-corrected chi connectivity index (χ2v) is 6.48. The van der Waals surface area contributed by atoms with E-state index >= 15 is 0 Å². The van der Waals surface area contributed by atoms with E-state index in [2.05, 4.69) is 60.2 Å². The first-order valence-electron chi connectivity index (χ1n) is 6.69. The topological polar surface area (TPSA) is 29.3 Å². The van der Waals surface area contributed by atoms with E-state index in [9.17, 15) is 0 Å². The van der Waals surface area contributed by atoms with Gasteiger partial charge in [0.1, 0.15) is 0 Å². The summed E-state index contributed by atoms with van der Waals surface area (Å²) in [5.41, 5.74) is 1.13. The number of hydrogen-bond acceptors (Lipinski definition) is 3. The van der Waals surface area contributed by atoms with E-state index in [1.165, 1.54) is 0 Å². The fourth-order valence-corrected chi connectivity index (χ4v) is 3.19. The molecule has 0 radical (unpaired) electrons. The molecule has 100 valence electrons. The second kappa shape index (κ2) is 5.85. The summed E-state index contributed by atoms with van der Waals surface area (Å²) >= 11 is 1.68. The average molecular weight is 265 g/mol. The van der Waals surface area contributed by atoms with Crippen molar-refractivity contribution in [2.45, 2.75) is 34.2 Å². The molecule has 3 nitrogen and oxygen atoms in total. The second-order valence-electron chi connectivity index (χ2n) is 5.61. The van der Waals surface area contributed by atoms with E-state index in [1.807, 2.05) is 0 Å². The number of fused-ring (bicyclic) bond motifs is 1. The van der Waals surface area contributed by atoms with Crippen molar-refractivity contribution in [3.63, 3.8) is 0 Å². The van der Waals surface area contributed by atoms with Crippen LogP contribution in [0.5, 0.6) is 0 Å². The Morgan fingerprint density at radius 2 is 2.00 bits per heavy atom. The van der Waals surface area contributed by atoms with Crippen molar-refractivity contribution in [3.05, 3.63) is 23.5 Å². The molecule has 0 saturated heterocycles. The number of rotatable bonds is 6. The van der Waals surface area contributed by atoms with Crippen LogP contribution < -0.4 is 5.32 Å². The molecule has 1 N–H and O–H groups in total. The van der Waals surface area contributed by atoms with Gasteiger partial charge in [-0.05, 0) is 24.3 Å². The van der Waals surface area contributed by atoms with Gasteiger partial charge in [-0.2, -0.15) is 0 Å². The van der Waals surface area contributed by atoms with Crippen LogP contribution in [-0.2, 0) is 6.54 Å². The average Bonchev–Trinajstić information content (AvgIpc) is 2.82. The summed E-state index contributed by atoms with van der Waals surface area (Å²) in [5, 5.41) is 5.61. The summed E-state index contributed by atoms with van der Waals surface area (Å²) in [7, 11) is 0. The number of hydrogen-bond donors (Lipinski definition) is 1. The maximum Gasteiger partial charge on any atom is 0.193 e. The summed E-state index contributed by atoms with van der Waals surface area (Å²) < 4.78 is 2.09. The fourth-order valence-electron chi connectivity index (χ4n) is 2.47. The van der Waals surface area contributed by atoms with Crippen LogP contribution in [0.1, 0.15) is 33.4 Å². The Bertz CT molecular complexity index is 447. The number of nitrogens with one attached hydrogen (secondary N) is 1. The number of imidazole rings is 1. The van der Waals surface area contributed by atoms with E-state index in [1.54, 1.807) is 11.3 Å². The Labute approximate surface area is 113 Å². The van der Waals surface area contributed by atoms with E-state index < -0.39 is 0 Å². The third-order valence-electron chi connectivity index (χ3n) is 3.54. The molecule has 0 fully saturated rings. The molecule has 0 saturated carbocycles. The molecular formula is C14H23N3S. The SMILES string of the molecule is CC(C)C(CNCc1cn2ccsc2n1)C(C)C. The number of aromatic nitrogens is 2. The van der Waals surface area contributed by atoms with Gasteiger partial charge in [-0.3, -0.25) is 4.40 Å². The zero-order valence-electron chi connectivity index (χ0n) is 11.7. The zero-order chi connectivity index (χ0) is 13.1. The Hall–Kier alpha value is -0.870. The van der Waals surface area contributed by atoms with Crippen LogP contribution in [-0.4, -0.2) is 15.9 Å². The van der Waals surface area contributed by atoms with Crippen LogP contribution in [0.15, 0.2) is 17.8 Å². The van der Waals surface area contributed by atoms with Crippen LogP contribution in [0.3, 0.4) is 0 Å². The van der Waals surface area contributed by atoms with Crippen LogP contribution >= 0.6 is 11.3 Å². The first-order chi connectivity index (χ1) is 8.58. The molecule has 0 atom stereocenters. The molecule has 2 aromatic rings. The van der Waals surface area contributed by atoms with Gasteiger partial charge in [0.25, 0.3) is 0 Å². The maximum absolute atomic E-state index is 4.58. The summed E-state index contributed by atoms with van der Waals surface area (Å²) in [4.78, 5) is 5.66. The van der Waals surface area contributed by atoms with Gasteiger partial charge in [0.2, 0.25) is 0 Å². The highest BCUT2D eigenvalue weighted by Gasteiger charge is 2.16. The summed E-state index contributed by atoms with van der Waals surface area (Å²) in [6.07, 6.45) is 4.17. The molecular weight excluding hydrogens is 242 g/mol. The lowest BCUT2D eigenvalue weighted by Crippen LogP contribution is -2.29. The largest absolute Gasteiger partial charge is 0.311 e. The Balaban J connectivity index is 1.86. The van der Waals surface area contributed by atoms with Crippen molar-refractivity contribution in [2.24, 2.45) is 17.8 Å². The van der Waals surface area contributed by atoms with Crippen molar-refractivity contribution in [1.82, 2.24) is 14.7 Å². The van der Waals surface area contributed by atoms with Gasteiger partial charge in [0, 0.05) is 24.3 Å². The molecule has 0 aliphatic rings. The summed E-state index contributed by atoms with van der Waals surface area (Å²) in [6.45, 7) is 11.2. The molecule has 0 aliphatic carbocycles. The monoisotopic (exact) mass is 265 g/mol. The molecule has 4 heteroatoms. The highest BCUT2D eigenvalue weighted by Crippen LogP contribution is 2.19. The lowest BCUT2D eigenvalue weighted by Gasteiger charge is -2.24. The van der Waals surface area contributed by atoms with Gasteiger partial charge in [-0.1, -0.05) is 27.7 Å². The van der Waals surface area contributed by atoms with Crippen molar-refractivity contribution in [1.29, 1.82) is 0 Å². The Morgan fingerprint density at radius 1 is 1.28 bits per heavy atom. The molecule has 2 rings (SSSR count). The minimum absolute atomic E-state index is 0.725. The van der Waals surface area contributed by atoms with E-state index in [4.69, 9.17) is 0 Å². The molecule has 0 amide bonds. The van der Waals surface area contributed by atoms with E-state index in [0.717, 1.165) is 41.5 Å². The van der Waals surface area contributed by atoms with Crippen LogP contribution in [0, 0.1) is 17.8 Å². The Morgan fingerprint density at radius 3 is 2.61 bits per heavy atom. The fraction of sp³-hybridized carbons (Fsp3) is 0.643. The molecule has 0 aliphatic heterocycles. The van der Waals surface area contributed by atoms with E-state index in [0.29, 0.717) is 0 Å². The van der Waals surface area contributed by atoms with Gasteiger partial charge in [0.15, 0.2) is 4.96 Å². The van der Waals surface area contributed by atoms with Crippen molar-refractivity contribution < 1.29 is 0 Å². The first-order valence-corrected chi connectivity index (χ1v) is 7.57. The van der Waals surface area contributed by atoms with Crippen molar-refractivity contribution >= 4 is 16.3 Å². The predicted molar refractivity (Wildman–Crippen MR) is 77.9 cm³/mol. The normalized spacial score (nSPS) is 12.4. The number of thiazole rings is 1. The van der Waals surface area contributed by atoms with Crippen molar-refractivity contribution in [3.8, 4) is 0 Å². The van der Waals surface area contributed by atoms with Gasteiger partial charge in [0.05, 0.1) is 5.69 Å². The highest BCUT2D eigenvalue weighted by atomic mass is 32.1. The summed E-state index contributed by atoms with van der Waals surface area (Å²) in [6, 6.07) is 0. The van der Waals surface area contributed by atoms with Gasteiger partial charge in [-0.25, -0.2) is 4.98 Å². The number of nitrogens with zero attached hydrogens (tertiary/aromatic N) is 2. The highest BCUT2D eigenvalue weighted by molar-refractivity contribution is 7.15. The third-order valence-corrected chi connectivity index (χ3v) is 4.31. The molecule has 0 unspecified atom stereocenters. The predicted octanol–water partition coefficient (Wildman–Crippen LogP) is 3.41. The van der Waals surface area contributed by atoms with Crippen molar-refractivity contribution in [2.75, 3.05) is 6.54 Å². The minimum Gasteiger partial charge on any atom is -0.311 e. The van der Waals surface area contributed by atoms with Crippen LogP contribution in [0.4, 0.5) is 0 Å². The molecule has 0 spiro atoms. The Kier molecular flexibility index (Phi) is 4.40. The van der Waals surface area contributed by atoms with Gasteiger partial charge >= 0.3 is 0 Å². The lowest BCUT2D eigenvalue weighted by molar-refractivity contribution is 0.275. The molecule has 2 heterocycles. The lowest BCUT2D eigenvalue weighted by atomic mass is 9.85. The van der Waals surface area contributed by atoms with E-state index in [-0.39, 0.29) is 0 Å². The smallest absolute Gasteiger partial charge is 0.193 e. The molecule has 0 bridgehead atoms. The standard InChI is InChI=1S/C14H23N3S/c1-10(2)13(11(3)4)8-15-7-12-9-17-5-6-18-14(17)16-12/h5-6,9-11,13,15H,7-8H2,1-4H3. The minimum atomic E-state index is 0.725. The van der Waals surface area contributed by atoms with Gasteiger partial charge in [-0.15, -0.1) is 11.3 Å². The van der Waals surface area contributed by atoms with Crippen LogP contribution in [0.2, 0.25) is 0 Å². The first kappa shape index (κ1) is 13.6. The van der Waals surface area contributed by atoms with Crippen LogP contribution in [0.25, 0.3) is 4.96 Å². The molecule has 2 aromatic heterocycles.